The van der Waals surface area contributed by atoms with Crippen LogP contribution >= 0.6 is 0 Å². The van der Waals surface area contributed by atoms with Gasteiger partial charge in [0.2, 0.25) is 0 Å². The molecule has 1 aliphatic heterocycles. The van der Waals surface area contributed by atoms with Crippen LogP contribution in [-0.4, -0.2) is 60.4 Å². The molecule has 1 aromatic carbocycles. The molecule has 0 spiro atoms. The summed E-state index contributed by atoms with van der Waals surface area (Å²) in [5, 5.41) is 13.0. The molecule has 0 saturated carbocycles. The van der Waals surface area contributed by atoms with Crippen LogP contribution in [-0.2, 0) is 11.2 Å². The summed E-state index contributed by atoms with van der Waals surface area (Å²) in [7, 11) is 2.04. The normalized spacial score (nSPS) is 21.9. The standard InChI is InChI=1S/C19H30N2O3/c1-5-24-17-13-21(4)12-16(17)20-18(22)15-8-6-7-14(11-15)9-10-19(2,3)23/h6-8,11,16-17,23H,5,9-10,12-13H2,1-4H3,(H,20,22)/t16-,17-/m0/s1. The second-order valence-electron chi connectivity index (χ2n) is 7.31. The number of hydrogen-bond acceptors (Lipinski definition) is 4. The van der Waals surface area contributed by atoms with Gasteiger partial charge in [-0.05, 0) is 58.4 Å². The van der Waals surface area contributed by atoms with Gasteiger partial charge in [0.15, 0.2) is 0 Å². The van der Waals surface area contributed by atoms with E-state index < -0.39 is 5.60 Å². The van der Waals surface area contributed by atoms with E-state index in [1.807, 2.05) is 38.2 Å². The lowest BCUT2D eigenvalue weighted by molar-refractivity contribution is 0.0513. The van der Waals surface area contributed by atoms with E-state index in [0.29, 0.717) is 18.6 Å². The quantitative estimate of drug-likeness (QED) is 0.799. The number of ether oxygens (including phenoxy) is 1. The van der Waals surface area contributed by atoms with Crippen LogP contribution in [0.15, 0.2) is 24.3 Å². The molecular weight excluding hydrogens is 304 g/mol. The van der Waals surface area contributed by atoms with E-state index in [0.717, 1.165) is 25.1 Å². The molecule has 0 unspecified atom stereocenters. The number of aryl methyl sites for hydroxylation is 1. The van der Waals surface area contributed by atoms with Crippen molar-refractivity contribution in [2.24, 2.45) is 0 Å². The van der Waals surface area contributed by atoms with E-state index in [2.05, 4.69) is 10.2 Å². The zero-order chi connectivity index (χ0) is 17.7. The smallest absolute Gasteiger partial charge is 0.251 e. The molecule has 2 rings (SSSR count). The molecule has 0 aromatic heterocycles. The third-order valence-electron chi connectivity index (χ3n) is 4.36. The highest BCUT2D eigenvalue weighted by molar-refractivity contribution is 5.94. The third-order valence-corrected chi connectivity index (χ3v) is 4.36. The average Bonchev–Trinajstić information content (AvgIpc) is 2.85. The van der Waals surface area contributed by atoms with Crippen molar-refractivity contribution in [1.82, 2.24) is 10.2 Å². The van der Waals surface area contributed by atoms with Crippen LogP contribution in [0.3, 0.4) is 0 Å². The maximum absolute atomic E-state index is 12.6. The van der Waals surface area contributed by atoms with Crippen molar-refractivity contribution >= 4 is 5.91 Å². The molecule has 0 aliphatic carbocycles. The van der Waals surface area contributed by atoms with Gasteiger partial charge in [-0.25, -0.2) is 0 Å². The zero-order valence-corrected chi connectivity index (χ0v) is 15.2. The molecule has 1 aliphatic rings. The van der Waals surface area contributed by atoms with Crippen molar-refractivity contribution in [3.05, 3.63) is 35.4 Å². The van der Waals surface area contributed by atoms with Gasteiger partial charge in [0.25, 0.3) is 5.91 Å². The molecule has 134 valence electrons. The summed E-state index contributed by atoms with van der Waals surface area (Å²) in [6.45, 7) is 7.86. The van der Waals surface area contributed by atoms with Gasteiger partial charge in [-0.15, -0.1) is 0 Å². The lowest BCUT2D eigenvalue weighted by Gasteiger charge is -2.20. The summed E-state index contributed by atoms with van der Waals surface area (Å²) in [4.78, 5) is 14.7. The molecule has 1 aromatic rings. The highest BCUT2D eigenvalue weighted by Gasteiger charge is 2.32. The summed E-state index contributed by atoms with van der Waals surface area (Å²) in [5.41, 5.74) is 1.03. The minimum atomic E-state index is -0.697. The maximum Gasteiger partial charge on any atom is 0.251 e. The molecule has 1 fully saturated rings. The zero-order valence-electron chi connectivity index (χ0n) is 15.2. The van der Waals surface area contributed by atoms with E-state index in [1.54, 1.807) is 13.8 Å². The predicted octanol–water partition coefficient (Wildman–Crippen LogP) is 1.84. The number of likely N-dealkylation sites (N-methyl/N-ethyl adjacent to an activating group) is 1. The highest BCUT2D eigenvalue weighted by Crippen LogP contribution is 2.16. The van der Waals surface area contributed by atoms with Crippen LogP contribution in [0.5, 0.6) is 0 Å². The molecule has 1 amide bonds. The van der Waals surface area contributed by atoms with Crippen molar-refractivity contribution in [3.8, 4) is 0 Å². The van der Waals surface area contributed by atoms with E-state index in [-0.39, 0.29) is 18.1 Å². The molecule has 1 saturated heterocycles. The molecule has 0 bridgehead atoms. The topological polar surface area (TPSA) is 61.8 Å². The first-order valence-electron chi connectivity index (χ1n) is 8.71. The van der Waals surface area contributed by atoms with Crippen LogP contribution in [0.2, 0.25) is 0 Å². The van der Waals surface area contributed by atoms with Crippen LogP contribution in [0.25, 0.3) is 0 Å². The monoisotopic (exact) mass is 334 g/mol. The van der Waals surface area contributed by atoms with Gasteiger partial charge < -0.3 is 20.1 Å². The fourth-order valence-corrected chi connectivity index (χ4v) is 3.05. The van der Waals surface area contributed by atoms with Crippen LogP contribution < -0.4 is 5.32 Å². The Morgan fingerprint density at radius 3 is 2.83 bits per heavy atom. The number of likely N-dealkylation sites (tertiary alicyclic amines) is 1. The van der Waals surface area contributed by atoms with Gasteiger partial charge in [-0.3, -0.25) is 4.79 Å². The Morgan fingerprint density at radius 1 is 1.42 bits per heavy atom. The predicted molar refractivity (Wildman–Crippen MR) is 95.2 cm³/mol. The Balaban J connectivity index is 1.99. The molecule has 0 radical (unpaired) electrons. The first kappa shape index (κ1) is 18.9. The van der Waals surface area contributed by atoms with Crippen LogP contribution in [0, 0.1) is 0 Å². The number of carbonyl (C=O) groups is 1. The first-order valence-corrected chi connectivity index (χ1v) is 8.71. The van der Waals surface area contributed by atoms with Gasteiger partial charge in [0.1, 0.15) is 0 Å². The first-order chi connectivity index (χ1) is 11.3. The fraction of sp³-hybridized carbons (Fsp3) is 0.632. The summed E-state index contributed by atoms with van der Waals surface area (Å²) >= 11 is 0. The van der Waals surface area contributed by atoms with Crippen molar-refractivity contribution in [3.63, 3.8) is 0 Å². The van der Waals surface area contributed by atoms with Crippen molar-refractivity contribution in [2.45, 2.75) is 51.4 Å². The van der Waals surface area contributed by atoms with Gasteiger partial charge in [-0.2, -0.15) is 0 Å². The van der Waals surface area contributed by atoms with Crippen molar-refractivity contribution in [2.75, 3.05) is 26.7 Å². The van der Waals surface area contributed by atoms with E-state index in [1.165, 1.54) is 0 Å². The molecule has 2 N–H and O–H groups in total. The van der Waals surface area contributed by atoms with Crippen LogP contribution in [0.1, 0.15) is 43.1 Å². The Morgan fingerprint density at radius 2 is 2.17 bits per heavy atom. The SMILES string of the molecule is CCO[C@H]1CN(C)C[C@@H]1NC(=O)c1cccc(CCC(C)(C)O)c1. The lowest BCUT2D eigenvalue weighted by Crippen LogP contribution is -2.44. The summed E-state index contributed by atoms with van der Waals surface area (Å²) in [5.74, 6) is -0.0647. The van der Waals surface area contributed by atoms with Crippen LogP contribution in [0.4, 0.5) is 0 Å². The molecule has 2 atom stereocenters. The summed E-state index contributed by atoms with van der Waals surface area (Å²) in [6, 6.07) is 7.65. The number of nitrogens with one attached hydrogen (secondary N) is 1. The number of rotatable bonds is 7. The number of carbonyl (C=O) groups excluding carboxylic acids is 1. The number of hydrogen-bond donors (Lipinski definition) is 2. The molecule has 24 heavy (non-hydrogen) atoms. The minimum absolute atomic E-state index is 0.0162. The number of amides is 1. The summed E-state index contributed by atoms with van der Waals surface area (Å²) in [6.07, 6.45) is 1.46. The van der Waals surface area contributed by atoms with E-state index >= 15 is 0 Å². The highest BCUT2D eigenvalue weighted by atomic mass is 16.5. The number of aliphatic hydroxyl groups is 1. The Hall–Kier alpha value is -1.43. The average molecular weight is 334 g/mol. The van der Waals surface area contributed by atoms with Gasteiger partial charge >= 0.3 is 0 Å². The number of nitrogens with zero attached hydrogens (tertiary/aromatic N) is 1. The second-order valence-corrected chi connectivity index (χ2v) is 7.31. The van der Waals surface area contributed by atoms with Gasteiger partial charge in [0.05, 0.1) is 17.7 Å². The largest absolute Gasteiger partial charge is 0.390 e. The van der Waals surface area contributed by atoms with E-state index in [9.17, 15) is 9.90 Å². The third kappa shape index (κ3) is 5.58. The van der Waals surface area contributed by atoms with E-state index in [4.69, 9.17) is 4.74 Å². The summed E-state index contributed by atoms with van der Waals surface area (Å²) < 4.78 is 5.74. The maximum atomic E-state index is 12.6. The molecular formula is C19H30N2O3. The number of benzene rings is 1. The van der Waals surface area contributed by atoms with Crippen molar-refractivity contribution in [1.29, 1.82) is 0 Å². The Kier molecular flexibility index (Phi) is 6.38. The Bertz CT molecular complexity index is 554. The molecule has 1 heterocycles. The molecule has 5 nitrogen and oxygen atoms in total. The minimum Gasteiger partial charge on any atom is -0.390 e. The Labute approximate surface area is 145 Å². The lowest BCUT2D eigenvalue weighted by atomic mass is 9.98. The molecule has 5 heteroatoms. The van der Waals surface area contributed by atoms with Gasteiger partial charge in [0, 0.05) is 25.3 Å². The second kappa shape index (κ2) is 8.10. The van der Waals surface area contributed by atoms with Gasteiger partial charge in [-0.1, -0.05) is 12.1 Å². The van der Waals surface area contributed by atoms with Crippen molar-refractivity contribution < 1.29 is 14.6 Å². The fourth-order valence-electron chi connectivity index (χ4n) is 3.05.